The predicted molar refractivity (Wildman–Crippen MR) is 96.4 cm³/mol. The van der Waals surface area contributed by atoms with Crippen molar-refractivity contribution in [2.75, 3.05) is 13.1 Å². The Balaban J connectivity index is 1.83. The van der Waals surface area contributed by atoms with Gasteiger partial charge in [0.05, 0.1) is 11.2 Å². The molecule has 0 bridgehead atoms. The number of likely N-dealkylation sites (tertiary alicyclic amines) is 1. The molecular formula is C19H27BFNO3. The molecule has 0 radical (unpaired) electrons. The first kappa shape index (κ1) is 18.4. The Kier molecular flexibility index (Phi) is 4.71. The van der Waals surface area contributed by atoms with Crippen LogP contribution >= 0.6 is 0 Å². The lowest BCUT2D eigenvalue weighted by atomic mass is 9.78. The van der Waals surface area contributed by atoms with Crippen molar-refractivity contribution in [3.05, 3.63) is 29.6 Å². The van der Waals surface area contributed by atoms with Crippen LogP contribution in [0.4, 0.5) is 4.39 Å². The maximum absolute atomic E-state index is 14.2. The van der Waals surface area contributed by atoms with Crippen LogP contribution in [0.3, 0.4) is 0 Å². The summed E-state index contributed by atoms with van der Waals surface area (Å²) in [5, 5.41) is 0. The normalized spacial score (nSPS) is 23.1. The van der Waals surface area contributed by atoms with E-state index in [4.69, 9.17) is 9.31 Å². The Morgan fingerprint density at radius 1 is 1.12 bits per heavy atom. The minimum atomic E-state index is -0.673. The summed E-state index contributed by atoms with van der Waals surface area (Å²) in [6.07, 6.45) is 1.98. The van der Waals surface area contributed by atoms with Crippen molar-refractivity contribution in [2.45, 2.75) is 58.7 Å². The largest absolute Gasteiger partial charge is 0.494 e. The minimum absolute atomic E-state index is 0.121. The number of amides is 1. The number of hydrogen-bond acceptors (Lipinski definition) is 3. The van der Waals surface area contributed by atoms with E-state index in [2.05, 4.69) is 6.92 Å². The van der Waals surface area contributed by atoms with Gasteiger partial charge in [-0.05, 0) is 70.1 Å². The number of nitrogens with zero attached hydrogens (tertiary/aromatic N) is 1. The Bertz CT molecular complexity index is 653. The van der Waals surface area contributed by atoms with Crippen LogP contribution in [0, 0.1) is 11.7 Å². The molecule has 0 spiro atoms. The van der Waals surface area contributed by atoms with Gasteiger partial charge in [0.1, 0.15) is 5.82 Å². The second-order valence-corrected chi connectivity index (χ2v) is 8.34. The third-order valence-corrected chi connectivity index (χ3v) is 5.76. The zero-order chi connectivity index (χ0) is 18.4. The van der Waals surface area contributed by atoms with E-state index < -0.39 is 24.1 Å². The second-order valence-electron chi connectivity index (χ2n) is 8.34. The van der Waals surface area contributed by atoms with Gasteiger partial charge >= 0.3 is 7.12 Å². The number of carbonyl (C=O) groups is 1. The zero-order valence-corrected chi connectivity index (χ0v) is 15.8. The summed E-state index contributed by atoms with van der Waals surface area (Å²) in [6.45, 7) is 11.5. The summed E-state index contributed by atoms with van der Waals surface area (Å²) in [5.74, 6) is 0.0713. The molecule has 0 atom stereocenters. The van der Waals surface area contributed by atoms with E-state index in [0.29, 0.717) is 16.9 Å². The monoisotopic (exact) mass is 347 g/mol. The van der Waals surface area contributed by atoms with Crippen molar-refractivity contribution in [3.8, 4) is 0 Å². The Morgan fingerprint density at radius 2 is 1.68 bits per heavy atom. The van der Waals surface area contributed by atoms with Gasteiger partial charge in [-0.25, -0.2) is 4.39 Å². The highest BCUT2D eigenvalue weighted by Crippen LogP contribution is 2.36. The Morgan fingerprint density at radius 3 is 2.24 bits per heavy atom. The van der Waals surface area contributed by atoms with Crippen LogP contribution in [0.5, 0.6) is 0 Å². The SMILES string of the molecule is CC1CCN(C(=O)c2cc(F)cc(B3OC(C)(C)C(C)(C)O3)c2)CC1. The molecule has 2 aliphatic rings. The van der Waals surface area contributed by atoms with E-state index in [1.54, 1.807) is 6.07 Å². The molecule has 1 aromatic rings. The average Bonchev–Trinajstić information content (AvgIpc) is 2.75. The van der Waals surface area contributed by atoms with Gasteiger partial charge in [-0.3, -0.25) is 4.79 Å². The average molecular weight is 347 g/mol. The number of piperidine rings is 1. The topological polar surface area (TPSA) is 38.8 Å². The number of carbonyl (C=O) groups excluding carboxylic acids is 1. The zero-order valence-electron chi connectivity index (χ0n) is 15.8. The van der Waals surface area contributed by atoms with Crippen molar-refractivity contribution in [1.82, 2.24) is 4.90 Å². The van der Waals surface area contributed by atoms with Gasteiger partial charge in [-0.15, -0.1) is 0 Å². The molecule has 2 saturated heterocycles. The molecule has 2 aliphatic heterocycles. The van der Waals surface area contributed by atoms with Gasteiger partial charge in [0, 0.05) is 18.7 Å². The smallest absolute Gasteiger partial charge is 0.399 e. The molecule has 1 aromatic carbocycles. The first-order valence-corrected chi connectivity index (χ1v) is 9.04. The molecule has 3 rings (SSSR count). The van der Waals surface area contributed by atoms with Crippen LogP contribution in [0.25, 0.3) is 0 Å². The predicted octanol–water partition coefficient (Wildman–Crippen LogP) is 3.00. The van der Waals surface area contributed by atoms with Crippen molar-refractivity contribution in [2.24, 2.45) is 5.92 Å². The molecule has 136 valence electrons. The van der Waals surface area contributed by atoms with Gasteiger partial charge in [-0.2, -0.15) is 0 Å². The number of halogens is 1. The van der Waals surface area contributed by atoms with Crippen molar-refractivity contribution in [3.63, 3.8) is 0 Å². The molecule has 2 heterocycles. The summed E-state index contributed by atoms with van der Waals surface area (Å²) in [5.41, 5.74) is -0.0967. The van der Waals surface area contributed by atoms with E-state index in [-0.39, 0.29) is 5.91 Å². The molecule has 25 heavy (non-hydrogen) atoms. The molecule has 0 unspecified atom stereocenters. The Labute approximate surface area is 149 Å². The Hall–Kier alpha value is -1.40. The highest BCUT2D eigenvalue weighted by molar-refractivity contribution is 6.62. The maximum Gasteiger partial charge on any atom is 0.494 e. The number of benzene rings is 1. The van der Waals surface area contributed by atoms with Gasteiger partial charge in [0.25, 0.3) is 5.91 Å². The molecular weight excluding hydrogens is 320 g/mol. The lowest BCUT2D eigenvalue weighted by molar-refractivity contribution is 0.00578. The van der Waals surface area contributed by atoms with Crippen molar-refractivity contribution >= 4 is 18.5 Å². The van der Waals surface area contributed by atoms with Gasteiger partial charge in [0.15, 0.2) is 0 Å². The third-order valence-electron chi connectivity index (χ3n) is 5.76. The van der Waals surface area contributed by atoms with E-state index >= 15 is 0 Å². The standard InChI is InChI=1S/C19H27BFNO3/c1-13-6-8-22(9-7-13)17(23)14-10-15(12-16(21)11-14)20-24-18(2,3)19(4,5)25-20/h10-13H,6-9H2,1-5H3. The summed E-state index contributed by atoms with van der Waals surface area (Å²) in [4.78, 5) is 14.6. The van der Waals surface area contributed by atoms with Crippen LogP contribution < -0.4 is 5.46 Å². The van der Waals surface area contributed by atoms with E-state index in [1.807, 2.05) is 32.6 Å². The summed E-state index contributed by atoms with van der Waals surface area (Å²) in [7, 11) is -0.673. The molecule has 1 amide bonds. The van der Waals surface area contributed by atoms with Crippen LogP contribution in [-0.4, -0.2) is 42.2 Å². The fraction of sp³-hybridized carbons (Fsp3) is 0.632. The fourth-order valence-corrected chi connectivity index (χ4v) is 3.25. The van der Waals surface area contributed by atoms with E-state index in [0.717, 1.165) is 25.9 Å². The van der Waals surface area contributed by atoms with Crippen LogP contribution in [0.2, 0.25) is 0 Å². The summed E-state index contributed by atoms with van der Waals surface area (Å²) in [6, 6.07) is 4.39. The number of hydrogen-bond donors (Lipinski definition) is 0. The van der Waals surface area contributed by atoms with Gasteiger partial charge in [-0.1, -0.05) is 6.92 Å². The van der Waals surface area contributed by atoms with Crippen molar-refractivity contribution in [1.29, 1.82) is 0 Å². The lowest BCUT2D eigenvalue weighted by Crippen LogP contribution is -2.41. The summed E-state index contributed by atoms with van der Waals surface area (Å²) < 4.78 is 26.1. The lowest BCUT2D eigenvalue weighted by Gasteiger charge is -2.32. The van der Waals surface area contributed by atoms with Crippen molar-refractivity contribution < 1.29 is 18.5 Å². The van der Waals surface area contributed by atoms with E-state index in [9.17, 15) is 9.18 Å². The molecule has 0 saturated carbocycles. The quantitative estimate of drug-likeness (QED) is 0.772. The summed E-state index contributed by atoms with van der Waals surface area (Å²) >= 11 is 0. The second kappa shape index (κ2) is 6.40. The molecule has 0 aromatic heterocycles. The molecule has 0 N–H and O–H groups in total. The molecule has 6 heteroatoms. The molecule has 4 nitrogen and oxygen atoms in total. The third kappa shape index (κ3) is 3.60. The molecule has 2 fully saturated rings. The molecule has 0 aliphatic carbocycles. The fourth-order valence-electron chi connectivity index (χ4n) is 3.25. The van der Waals surface area contributed by atoms with Crippen LogP contribution in [-0.2, 0) is 9.31 Å². The highest BCUT2D eigenvalue weighted by atomic mass is 19.1. The first-order valence-electron chi connectivity index (χ1n) is 9.04. The van der Waals surface area contributed by atoms with E-state index in [1.165, 1.54) is 12.1 Å². The van der Waals surface area contributed by atoms with Gasteiger partial charge < -0.3 is 14.2 Å². The number of rotatable bonds is 2. The van der Waals surface area contributed by atoms with Crippen LogP contribution in [0.1, 0.15) is 57.8 Å². The van der Waals surface area contributed by atoms with Gasteiger partial charge in [0.2, 0.25) is 0 Å². The first-order chi connectivity index (χ1) is 11.6. The highest BCUT2D eigenvalue weighted by Gasteiger charge is 2.51. The minimum Gasteiger partial charge on any atom is -0.399 e. The van der Waals surface area contributed by atoms with Crippen LogP contribution in [0.15, 0.2) is 18.2 Å². The maximum atomic E-state index is 14.2.